The lowest BCUT2D eigenvalue weighted by molar-refractivity contribution is -0.143. The molecule has 0 heterocycles. The van der Waals surface area contributed by atoms with Gasteiger partial charge in [0.1, 0.15) is 0 Å². The Morgan fingerprint density at radius 1 is 0.833 bits per heavy atom. The van der Waals surface area contributed by atoms with Gasteiger partial charge in [-0.2, -0.15) is 0 Å². The lowest BCUT2D eigenvalue weighted by Crippen LogP contribution is -2.02. The van der Waals surface area contributed by atoms with Gasteiger partial charge < -0.3 is 4.74 Å². The van der Waals surface area contributed by atoms with E-state index in [1.165, 1.54) is 19.3 Å². The Labute approximate surface area is 148 Å². The minimum atomic E-state index is -0.142. The van der Waals surface area contributed by atoms with Crippen LogP contribution in [-0.2, 0) is 9.53 Å². The van der Waals surface area contributed by atoms with Crippen LogP contribution in [0.4, 0.5) is 0 Å². The Morgan fingerprint density at radius 2 is 1.46 bits per heavy atom. The molecule has 0 aliphatic rings. The third kappa shape index (κ3) is 17.9. The van der Waals surface area contributed by atoms with Crippen LogP contribution in [0.25, 0.3) is 0 Å². The van der Waals surface area contributed by atoms with Gasteiger partial charge in [0, 0.05) is 32.1 Å². The van der Waals surface area contributed by atoms with Gasteiger partial charge >= 0.3 is 5.97 Å². The Bertz CT molecular complexity index is 524. The van der Waals surface area contributed by atoms with Crippen molar-refractivity contribution in [2.24, 2.45) is 0 Å². The highest BCUT2D eigenvalue weighted by atomic mass is 16.5. The molecule has 0 aliphatic heterocycles. The highest BCUT2D eigenvalue weighted by Gasteiger charge is 1.98. The van der Waals surface area contributed by atoms with Crippen LogP contribution >= 0.6 is 0 Å². The van der Waals surface area contributed by atoms with Crippen molar-refractivity contribution in [1.29, 1.82) is 0 Å². The second-order valence-electron chi connectivity index (χ2n) is 5.23. The van der Waals surface area contributed by atoms with Gasteiger partial charge in [-0.3, -0.25) is 4.79 Å². The van der Waals surface area contributed by atoms with Crippen LogP contribution in [0.2, 0.25) is 0 Å². The van der Waals surface area contributed by atoms with E-state index in [1.54, 1.807) is 0 Å². The zero-order valence-corrected chi connectivity index (χ0v) is 15.2. The first kappa shape index (κ1) is 21.9. The lowest BCUT2D eigenvalue weighted by atomic mass is 10.2. The molecular weight excluding hydrogens is 296 g/mol. The highest BCUT2D eigenvalue weighted by Crippen LogP contribution is 1.97. The standard InChI is InChI=1S/C22H30O2/c1-3-5-6-7-8-9-10-11-12-13-14-15-16-17-18-19-20-21-22(23)24-4-2/h11-12H,3-7,10,13,16,19-21H2,1-2H3/b12-11-. The van der Waals surface area contributed by atoms with E-state index < -0.39 is 0 Å². The number of ether oxygens (including phenoxy) is 1. The van der Waals surface area contributed by atoms with Gasteiger partial charge in [0.25, 0.3) is 0 Å². The fraction of sp³-hybridized carbons (Fsp3) is 0.591. The number of hydrogen-bond acceptors (Lipinski definition) is 2. The van der Waals surface area contributed by atoms with Gasteiger partial charge in [-0.15, -0.1) is 11.8 Å². The Morgan fingerprint density at radius 3 is 2.17 bits per heavy atom. The maximum Gasteiger partial charge on any atom is 0.305 e. The van der Waals surface area contributed by atoms with E-state index in [4.69, 9.17) is 4.74 Å². The molecule has 0 fully saturated rings. The van der Waals surface area contributed by atoms with Crippen molar-refractivity contribution in [3.63, 3.8) is 0 Å². The number of carbonyl (C=O) groups is 1. The molecule has 2 nitrogen and oxygen atoms in total. The fourth-order valence-electron chi connectivity index (χ4n) is 1.79. The molecule has 0 N–H and O–H groups in total. The third-order valence-electron chi connectivity index (χ3n) is 3.05. The SMILES string of the molecule is CCCCCC#CC/C=C\CC#CCC#CCCCC(=O)OCC. The van der Waals surface area contributed by atoms with E-state index >= 15 is 0 Å². The van der Waals surface area contributed by atoms with Crippen LogP contribution in [0.3, 0.4) is 0 Å². The normalized spacial score (nSPS) is 9.25. The van der Waals surface area contributed by atoms with Crippen LogP contribution in [-0.4, -0.2) is 12.6 Å². The summed E-state index contributed by atoms with van der Waals surface area (Å²) in [5.74, 6) is 18.3. The summed E-state index contributed by atoms with van der Waals surface area (Å²) in [6, 6.07) is 0. The highest BCUT2D eigenvalue weighted by molar-refractivity contribution is 5.69. The summed E-state index contributed by atoms with van der Waals surface area (Å²) < 4.78 is 4.85. The largest absolute Gasteiger partial charge is 0.466 e. The summed E-state index contributed by atoms with van der Waals surface area (Å²) >= 11 is 0. The molecule has 0 atom stereocenters. The topological polar surface area (TPSA) is 26.3 Å². The first-order chi connectivity index (χ1) is 11.8. The summed E-state index contributed by atoms with van der Waals surface area (Å²) in [5.41, 5.74) is 0. The quantitative estimate of drug-likeness (QED) is 0.257. The van der Waals surface area contributed by atoms with Gasteiger partial charge in [0.15, 0.2) is 0 Å². The van der Waals surface area contributed by atoms with Crippen LogP contribution in [0.5, 0.6) is 0 Å². The summed E-state index contributed by atoms with van der Waals surface area (Å²) in [6.45, 7) is 4.46. The molecule has 0 bridgehead atoms. The zero-order chi connectivity index (χ0) is 17.7. The molecular formula is C22H30O2. The summed E-state index contributed by atoms with van der Waals surface area (Å²) in [4.78, 5) is 11.1. The van der Waals surface area contributed by atoms with Crippen molar-refractivity contribution in [1.82, 2.24) is 0 Å². The van der Waals surface area contributed by atoms with Crippen molar-refractivity contribution in [2.45, 2.75) is 78.1 Å². The average Bonchev–Trinajstić information content (AvgIpc) is 2.58. The number of hydrogen-bond donors (Lipinski definition) is 0. The molecule has 0 unspecified atom stereocenters. The van der Waals surface area contributed by atoms with Crippen LogP contribution in [0.1, 0.15) is 78.1 Å². The predicted octanol–water partition coefficient (Wildman–Crippen LogP) is 5.04. The molecule has 24 heavy (non-hydrogen) atoms. The molecule has 0 aromatic rings. The van der Waals surface area contributed by atoms with Gasteiger partial charge in [-0.25, -0.2) is 0 Å². The molecule has 0 spiro atoms. The Hall–Kier alpha value is -2.11. The van der Waals surface area contributed by atoms with E-state index in [9.17, 15) is 4.79 Å². The smallest absolute Gasteiger partial charge is 0.305 e. The predicted molar refractivity (Wildman–Crippen MR) is 101 cm³/mol. The molecule has 2 heteroatoms. The average molecular weight is 326 g/mol. The van der Waals surface area contributed by atoms with Gasteiger partial charge in [0.05, 0.1) is 13.0 Å². The molecule has 0 rings (SSSR count). The molecule has 0 saturated heterocycles. The molecule has 130 valence electrons. The van der Waals surface area contributed by atoms with Crippen LogP contribution < -0.4 is 0 Å². The number of rotatable bonds is 9. The third-order valence-corrected chi connectivity index (χ3v) is 3.05. The molecule has 0 amide bonds. The number of unbranched alkanes of at least 4 members (excludes halogenated alkanes) is 4. The minimum absolute atomic E-state index is 0.142. The van der Waals surface area contributed by atoms with Crippen molar-refractivity contribution in [3.05, 3.63) is 12.2 Å². The number of esters is 1. The van der Waals surface area contributed by atoms with E-state index in [2.05, 4.69) is 54.6 Å². The monoisotopic (exact) mass is 326 g/mol. The Balaban J connectivity index is 3.56. The van der Waals surface area contributed by atoms with Crippen LogP contribution in [0.15, 0.2) is 12.2 Å². The van der Waals surface area contributed by atoms with Crippen molar-refractivity contribution in [2.75, 3.05) is 6.61 Å². The Kier molecular flexibility index (Phi) is 17.3. The fourth-order valence-corrected chi connectivity index (χ4v) is 1.79. The lowest BCUT2D eigenvalue weighted by Gasteiger charge is -1.98. The molecule has 0 radical (unpaired) electrons. The van der Waals surface area contributed by atoms with Gasteiger partial charge in [-0.1, -0.05) is 55.6 Å². The van der Waals surface area contributed by atoms with E-state index in [0.29, 0.717) is 19.4 Å². The zero-order valence-electron chi connectivity index (χ0n) is 15.2. The second kappa shape index (κ2) is 18.9. The van der Waals surface area contributed by atoms with Crippen molar-refractivity contribution >= 4 is 5.97 Å². The van der Waals surface area contributed by atoms with Gasteiger partial charge in [0.2, 0.25) is 0 Å². The number of carbonyl (C=O) groups excluding carboxylic acids is 1. The maximum absolute atomic E-state index is 11.1. The van der Waals surface area contributed by atoms with E-state index in [0.717, 1.165) is 32.1 Å². The summed E-state index contributed by atoms with van der Waals surface area (Å²) in [5, 5.41) is 0. The van der Waals surface area contributed by atoms with Crippen molar-refractivity contribution in [3.8, 4) is 35.5 Å². The molecule has 0 aliphatic carbocycles. The van der Waals surface area contributed by atoms with Gasteiger partial charge in [-0.05, 0) is 19.8 Å². The second-order valence-corrected chi connectivity index (χ2v) is 5.23. The number of allylic oxidation sites excluding steroid dienone is 2. The summed E-state index contributed by atoms with van der Waals surface area (Å²) in [7, 11) is 0. The summed E-state index contributed by atoms with van der Waals surface area (Å²) in [6.07, 6.45) is 12.9. The van der Waals surface area contributed by atoms with Crippen molar-refractivity contribution < 1.29 is 9.53 Å². The first-order valence-corrected chi connectivity index (χ1v) is 8.99. The van der Waals surface area contributed by atoms with E-state index in [-0.39, 0.29) is 5.97 Å². The molecule has 0 saturated carbocycles. The van der Waals surface area contributed by atoms with Crippen LogP contribution in [0, 0.1) is 35.5 Å². The molecule has 0 aromatic heterocycles. The minimum Gasteiger partial charge on any atom is -0.466 e. The van der Waals surface area contributed by atoms with E-state index in [1.807, 2.05) is 6.92 Å². The maximum atomic E-state index is 11.1. The molecule has 0 aromatic carbocycles. The first-order valence-electron chi connectivity index (χ1n) is 8.99.